The van der Waals surface area contributed by atoms with Crippen molar-refractivity contribution < 1.29 is 0 Å². The standard InChI is InChI=1S/C12H16N2S2/c1-8-5-6-15-10(8)11-14-9(7-16-11)12(2,3)13-4/h5-7,13H,1-4H3. The lowest BCUT2D eigenvalue weighted by atomic mass is 10.0. The van der Waals surface area contributed by atoms with Crippen molar-refractivity contribution in [2.24, 2.45) is 0 Å². The van der Waals surface area contributed by atoms with Crippen LogP contribution in [0.15, 0.2) is 16.8 Å². The predicted molar refractivity (Wildman–Crippen MR) is 72.2 cm³/mol. The molecule has 0 spiro atoms. The molecule has 0 saturated heterocycles. The molecule has 2 aromatic rings. The minimum atomic E-state index is -0.0556. The molecule has 2 nitrogen and oxygen atoms in total. The maximum absolute atomic E-state index is 4.72. The summed E-state index contributed by atoms with van der Waals surface area (Å²) in [6.45, 7) is 6.43. The van der Waals surface area contributed by atoms with Crippen molar-refractivity contribution in [3.05, 3.63) is 28.1 Å². The van der Waals surface area contributed by atoms with E-state index in [1.54, 1.807) is 22.7 Å². The van der Waals surface area contributed by atoms with Gasteiger partial charge in [0.2, 0.25) is 0 Å². The summed E-state index contributed by atoms with van der Waals surface area (Å²) in [5.41, 5.74) is 2.37. The highest BCUT2D eigenvalue weighted by Crippen LogP contribution is 2.33. The first-order valence-electron chi connectivity index (χ1n) is 5.24. The first-order chi connectivity index (χ1) is 7.54. The van der Waals surface area contributed by atoms with Gasteiger partial charge < -0.3 is 5.32 Å². The van der Waals surface area contributed by atoms with Gasteiger partial charge in [-0.25, -0.2) is 4.98 Å². The fourth-order valence-electron chi connectivity index (χ4n) is 1.39. The Bertz CT molecular complexity index is 483. The summed E-state index contributed by atoms with van der Waals surface area (Å²) in [6.07, 6.45) is 0. The van der Waals surface area contributed by atoms with E-state index in [2.05, 4.69) is 42.9 Å². The number of thiophene rings is 1. The molecule has 2 rings (SSSR count). The maximum Gasteiger partial charge on any atom is 0.133 e. The molecule has 1 N–H and O–H groups in total. The van der Waals surface area contributed by atoms with E-state index in [0.29, 0.717) is 0 Å². The lowest BCUT2D eigenvalue weighted by Gasteiger charge is -2.21. The Morgan fingerprint density at radius 2 is 2.06 bits per heavy atom. The molecule has 0 aliphatic rings. The second kappa shape index (κ2) is 4.28. The molecule has 0 aliphatic heterocycles. The zero-order valence-electron chi connectivity index (χ0n) is 10.00. The summed E-state index contributed by atoms with van der Waals surface area (Å²) in [5, 5.41) is 8.67. The average Bonchev–Trinajstić information content (AvgIpc) is 2.85. The molecule has 2 heterocycles. The Hall–Kier alpha value is -0.710. The third kappa shape index (κ3) is 2.05. The van der Waals surface area contributed by atoms with E-state index >= 15 is 0 Å². The van der Waals surface area contributed by atoms with Crippen LogP contribution in [0.1, 0.15) is 25.1 Å². The van der Waals surface area contributed by atoms with Gasteiger partial charge in [-0.15, -0.1) is 22.7 Å². The number of aryl methyl sites for hydroxylation is 1. The molecular weight excluding hydrogens is 236 g/mol. The van der Waals surface area contributed by atoms with Crippen LogP contribution in [0.25, 0.3) is 9.88 Å². The van der Waals surface area contributed by atoms with Crippen molar-refractivity contribution in [2.45, 2.75) is 26.3 Å². The third-order valence-electron chi connectivity index (χ3n) is 2.83. The molecule has 0 bridgehead atoms. The largest absolute Gasteiger partial charge is 0.310 e. The van der Waals surface area contributed by atoms with Crippen molar-refractivity contribution in [1.82, 2.24) is 10.3 Å². The van der Waals surface area contributed by atoms with Gasteiger partial charge in [0.15, 0.2) is 0 Å². The summed E-state index contributed by atoms with van der Waals surface area (Å²) in [7, 11) is 1.97. The number of hydrogen-bond acceptors (Lipinski definition) is 4. The lowest BCUT2D eigenvalue weighted by Crippen LogP contribution is -2.33. The molecule has 0 unspecified atom stereocenters. The highest BCUT2D eigenvalue weighted by molar-refractivity contribution is 7.20. The van der Waals surface area contributed by atoms with Crippen LogP contribution in [-0.2, 0) is 5.54 Å². The molecule has 2 aromatic heterocycles. The molecule has 16 heavy (non-hydrogen) atoms. The van der Waals surface area contributed by atoms with Crippen LogP contribution in [0.5, 0.6) is 0 Å². The van der Waals surface area contributed by atoms with Crippen molar-refractivity contribution in [2.75, 3.05) is 7.05 Å². The number of aromatic nitrogens is 1. The quantitative estimate of drug-likeness (QED) is 0.902. The van der Waals surface area contributed by atoms with Gasteiger partial charge in [-0.2, -0.15) is 0 Å². The molecule has 86 valence electrons. The van der Waals surface area contributed by atoms with Crippen molar-refractivity contribution in [3.8, 4) is 9.88 Å². The summed E-state index contributed by atoms with van der Waals surface area (Å²) in [6, 6.07) is 2.14. The SMILES string of the molecule is CNC(C)(C)c1csc(-c2sccc2C)n1. The van der Waals surface area contributed by atoms with Gasteiger partial charge in [0, 0.05) is 5.38 Å². The van der Waals surface area contributed by atoms with E-state index in [0.717, 1.165) is 10.7 Å². The van der Waals surface area contributed by atoms with Gasteiger partial charge in [0.25, 0.3) is 0 Å². The van der Waals surface area contributed by atoms with Crippen LogP contribution in [0.3, 0.4) is 0 Å². The van der Waals surface area contributed by atoms with Gasteiger partial charge in [0.1, 0.15) is 5.01 Å². The Kier molecular flexibility index (Phi) is 3.15. The smallest absolute Gasteiger partial charge is 0.133 e. The van der Waals surface area contributed by atoms with Gasteiger partial charge in [-0.3, -0.25) is 0 Å². The molecule has 0 amide bonds. The molecular formula is C12H16N2S2. The zero-order chi connectivity index (χ0) is 11.8. The summed E-state index contributed by atoms with van der Waals surface area (Å²) in [5.74, 6) is 0. The molecule has 0 fully saturated rings. The summed E-state index contributed by atoms with van der Waals surface area (Å²) >= 11 is 3.48. The average molecular weight is 252 g/mol. The monoisotopic (exact) mass is 252 g/mol. The molecule has 0 atom stereocenters. The second-order valence-corrected chi connectivity index (χ2v) is 6.12. The number of nitrogens with one attached hydrogen (secondary N) is 1. The molecule has 0 radical (unpaired) electrons. The normalized spacial score (nSPS) is 12.0. The topological polar surface area (TPSA) is 24.9 Å². The minimum absolute atomic E-state index is 0.0556. The van der Waals surface area contributed by atoms with E-state index in [1.807, 2.05) is 7.05 Å². The number of thiazole rings is 1. The Morgan fingerprint density at radius 3 is 2.62 bits per heavy atom. The molecule has 0 aromatic carbocycles. The van der Waals surface area contributed by atoms with Crippen LogP contribution >= 0.6 is 22.7 Å². The number of rotatable bonds is 3. The molecule has 4 heteroatoms. The maximum atomic E-state index is 4.72. The lowest BCUT2D eigenvalue weighted by molar-refractivity contribution is 0.434. The predicted octanol–water partition coefficient (Wildman–Crippen LogP) is 3.63. The van der Waals surface area contributed by atoms with Crippen LogP contribution in [0.2, 0.25) is 0 Å². The van der Waals surface area contributed by atoms with Crippen LogP contribution in [-0.4, -0.2) is 12.0 Å². The first-order valence-corrected chi connectivity index (χ1v) is 7.00. The van der Waals surface area contributed by atoms with Gasteiger partial charge in [0.05, 0.1) is 16.1 Å². The first kappa shape index (κ1) is 11.8. The summed E-state index contributed by atoms with van der Waals surface area (Å²) in [4.78, 5) is 6.02. The Morgan fingerprint density at radius 1 is 1.31 bits per heavy atom. The Balaban J connectivity index is 2.37. The van der Waals surface area contributed by atoms with Crippen LogP contribution in [0.4, 0.5) is 0 Å². The molecule has 0 saturated carbocycles. The number of nitrogens with zero attached hydrogens (tertiary/aromatic N) is 1. The van der Waals surface area contributed by atoms with Gasteiger partial charge >= 0.3 is 0 Å². The molecule has 0 aliphatic carbocycles. The Labute approximate surface area is 104 Å². The second-order valence-electron chi connectivity index (χ2n) is 4.35. The van der Waals surface area contributed by atoms with Crippen molar-refractivity contribution in [1.29, 1.82) is 0 Å². The van der Waals surface area contributed by atoms with Gasteiger partial charge in [-0.05, 0) is 44.8 Å². The van der Waals surface area contributed by atoms with Crippen molar-refractivity contribution >= 4 is 22.7 Å². The highest BCUT2D eigenvalue weighted by Gasteiger charge is 2.21. The highest BCUT2D eigenvalue weighted by atomic mass is 32.1. The minimum Gasteiger partial charge on any atom is -0.310 e. The third-order valence-corrected chi connectivity index (χ3v) is 4.84. The fraction of sp³-hybridized carbons (Fsp3) is 0.417. The van der Waals surface area contributed by atoms with Crippen LogP contribution < -0.4 is 5.32 Å². The van der Waals surface area contributed by atoms with E-state index in [1.165, 1.54) is 10.4 Å². The van der Waals surface area contributed by atoms with E-state index in [4.69, 9.17) is 4.98 Å². The zero-order valence-corrected chi connectivity index (χ0v) is 11.6. The van der Waals surface area contributed by atoms with Gasteiger partial charge in [-0.1, -0.05) is 0 Å². The number of hydrogen-bond donors (Lipinski definition) is 1. The van der Waals surface area contributed by atoms with Crippen LogP contribution in [0, 0.1) is 6.92 Å². The summed E-state index contributed by atoms with van der Waals surface area (Å²) < 4.78 is 0. The fourth-order valence-corrected chi connectivity index (χ4v) is 3.47. The van der Waals surface area contributed by atoms with E-state index in [-0.39, 0.29) is 5.54 Å². The van der Waals surface area contributed by atoms with E-state index < -0.39 is 0 Å². The van der Waals surface area contributed by atoms with E-state index in [9.17, 15) is 0 Å². The van der Waals surface area contributed by atoms with Crippen molar-refractivity contribution in [3.63, 3.8) is 0 Å².